The fourth-order valence-corrected chi connectivity index (χ4v) is 2.00. The summed E-state index contributed by atoms with van der Waals surface area (Å²) < 4.78 is 1.82. The molecular formula is C15H14N4. The van der Waals surface area contributed by atoms with Crippen molar-refractivity contribution in [2.75, 3.05) is 5.73 Å². The summed E-state index contributed by atoms with van der Waals surface area (Å²) in [6, 6.07) is 9.82. The molecule has 0 amide bonds. The normalized spacial score (nSPS) is 10.6. The number of benzene rings is 1. The van der Waals surface area contributed by atoms with Gasteiger partial charge >= 0.3 is 0 Å². The Labute approximate surface area is 111 Å². The van der Waals surface area contributed by atoms with E-state index >= 15 is 0 Å². The minimum atomic E-state index is 0.752. The summed E-state index contributed by atoms with van der Waals surface area (Å²) in [6.07, 6.45) is 7.43. The summed E-state index contributed by atoms with van der Waals surface area (Å²) in [4.78, 5) is 4.18. The van der Waals surface area contributed by atoms with E-state index in [1.54, 1.807) is 6.20 Å². The van der Waals surface area contributed by atoms with E-state index in [1.165, 1.54) is 0 Å². The number of hydrogen-bond donors (Lipinski definition) is 1. The maximum Gasteiger partial charge on any atom is 0.0831 e. The molecule has 0 fully saturated rings. The molecule has 2 aromatic heterocycles. The SMILES string of the molecule is Cc1cncc(-n2cc(-c3cccc(N)c3)cn2)c1. The van der Waals surface area contributed by atoms with Crippen LogP contribution >= 0.6 is 0 Å². The van der Waals surface area contributed by atoms with Crippen LogP contribution in [0.2, 0.25) is 0 Å². The molecule has 19 heavy (non-hydrogen) atoms. The van der Waals surface area contributed by atoms with E-state index in [4.69, 9.17) is 5.73 Å². The highest BCUT2D eigenvalue weighted by atomic mass is 15.3. The molecule has 0 unspecified atom stereocenters. The van der Waals surface area contributed by atoms with Gasteiger partial charge in [0.05, 0.1) is 18.1 Å². The smallest absolute Gasteiger partial charge is 0.0831 e. The van der Waals surface area contributed by atoms with Crippen molar-refractivity contribution in [3.8, 4) is 16.8 Å². The summed E-state index contributed by atoms with van der Waals surface area (Å²) in [5, 5.41) is 4.37. The fraction of sp³-hybridized carbons (Fsp3) is 0.0667. The van der Waals surface area contributed by atoms with E-state index in [0.717, 1.165) is 28.1 Å². The molecule has 0 aliphatic carbocycles. The lowest BCUT2D eigenvalue weighted by atomic mass is 10.1. The summed E-state index contributed by atoms with van der Waals surface area (Å²) >= 11 is 0. The van der Waals surface area contributed by atoms with Gasteiger partial charge in [-0.3, -0.25) is 4.98 Å². The first-order chi connectivity index (χ1) is 9.22. The third-order valence-electron chi connectivity index (χ3n) is 2.93. The topological polar surface area (TPSA) is 56.7 Å². The van der Waals surface area contributed by atoms with Gasteiger partial charge in [0.25, 0.3) is 0 Å². The minimum absolute atomic E-state index is 0.752. The third kappa shape index (κ3) is 2.33. The second kappa shape index (κ2) is 4.57. The zero-order valence-electron chi connectivity index (χ0n) is 10.6. The van der Waals surface area contributed by atoms with Gasteiger partial charge in [0, 0.05) is 23.6 Å². The number of hydrogen-bond acceptors (Lipinski definition) is 3. The Morgan fingerprint density at radius 1 is 1.05 bits per heavy atom. The highest BCUT2D eigenvalue weighted by Crippen LogP contribution is 2.21. The van der Waals surface area contributed by atoms with Crippen LogP contribution in [0.4, 0.5) is 5.69 Å². The maximum absolute atomic E-state index is 5.80. The second-order valence-electron chi connectivity index (χ2n) is 4.52. The molecule has 0 saturated carbocycles. The van der Waals surface area contributed by atoms with Gasteiger partial charge in [-0.15, -0.1) is 0 Å². The van der Waals surface area contributed by atoms with Gasteiger partial charge in [-0.2, -0.15) is 5.10 Å². The van der Waals surface area contributed by atoms with Gasteiger partial charge in [-0.1, -0.05) is 12.1 Å². The van der Waals surface area contributed by atoms with Gasteiger partial charge in [0.2, 0.25) is 0 Å². The summed E-state index contributed by atoms with van der Waals surface area (Å²) in [5.74, 6) is 0. The lowest BCUT2D eigenvalue weighted by Gasteiger charge is -2.01. The number of anilines is 1. The molecule has 0 spiro atoms. The zero-order valence-corrected chi connectivity index (χ0v) is 10.6. The quantitative estimate of drug-likeness (QED) is 0.711. The van der Waals surface area contributed by atoms with E-state index in [0.29, 0.717) is 0 Å². The van der Waals surface area contributed by atoms with Crippen LogP contribution in [0.3, 0.4) is 0 Å². The number of nitrogen functional groups attached to an aromatic ring is 1. The molecule has 0 aliphatic rings. The number of nitrogens with two attached hydrogens (primary N) is 1. The first-order valence-corrected chi connectivity index (χ1v) is 6.05. The Bertz CT molecular complexity index is 655. The highest BCUT2D eigenvalue weighted by molar-refractivity contribution is 5.66. The van der Waals surface area contributed by atoms with Crippen molar-refractivity contribution >= 4 is 5.69 Å². The van der Waals surface area contributed by atoms with Crippen LogP contribution in [0.5, 0.6) is 0 Å². The van der Waals surface area contributed by atoms with Crippen molar-refractivity contribution in [2.24, 2.45) is 0 Å². The zero-order chi connectivity index (χ0) is 13.2. The van der Waals surface area contributed by atoms with Crippen LogP contribution in [0, 0.1) is 6.92 Å². The van der Waals surface area contributed by atoms with Crippen molar-refractivity contribution in [3.05, 3.63) is 60.7 Å². The molecule has 2 N–H and O–H groups in total. The molecule has 3 rings (SSSR count). The highest BCUT2D eigenvalue weighted by Gasteiger charge is 2.04. The molecule has 0 atom stereocenters. The summed E-state index contributed by atoms with van der Waals surface area (Å²) in [7, 11) is 0. The van der Waals surface area contributed by atoms with Gasteiger partial charge in [0.15, 0.2) is 0 Å². The third-order valence-corrected chi connectivity index (χ3v) is 2.93. The van der Waals surface area contributed by atoms with Crippen LogP contribution in [0.25, 0.3) is 16.8 Å². The van der Waals surface area contributed by atoms with Crippen molar-refractivity contribution < 1.29 is 0 Å². The molecule has 2 heterocycles. The van der Waals surface area contributed by atoms with Gasteiger partial charge in [-0.05, 0) is 36.2 Å². The van der Waals surface area contributed by atoms with Crippen LogP contribution in [0.15, 0.2) is 55.1 Å². The number of aryl methyl sites for hydroxylation is 1. The lowest BCUT2D eigenvalue weighted by Crippen LogP contribution is -1.95. The van der Waals surface area contributed by atoms with Crippen molar-refractivity contribution in [3.63, 3.8) is 0 Å². The van der Waals surface area contributed by atoms with Crippen LogP contribution < -0.4 is 5.73 Å². The average molecular weight is 250 g/mol. The molecular weight excluding hydrogens is 236 g/mol. The van der Waals surface area contributed by atoms with Crippen LogP contribution in [-0.2, 0) is 0 Å². The average Bonchev–Trinajstić information content (AvgIpc) is 2.88. The van der Waals surface area contributed by atoms with E-state index in [-0.39, 0.29) is 0 Å². The van der Waals surface area contributed by atoms with Crippen LogP contribution in [-0.4, -0.2) is 14.8 Å². The van der Waals surface area contributed by atoms with Gasteiger partial charge in [0.1, 0.15) is 0 Å². The second-order valence-corrected chi connectivity index (χ2v) is 4.52. The van der Waals surface area contributed by atoms with Gasteiger partial charge < -0.3 is 5.73 Å². The monoisotopic (exact) mass is 250 g/mol. The number of nitrogens with zero attached hydrogens (tertiary/aromatic N) is 3. The Balaban J connectivity index is 2.00. The first-order valence-electron chi connectivity index (χ1n) is 6.05. The summed E-state index contributed by atoms with van der Waals surface area (Å²) in [5.41, 5.74) is 10.7. The maximum atomic E-state index is 5.80. The minimum Gasteiger partial charge on any atom is -0.399 e. The van der Waals surface area contributed by atoms with Crippen molar-refractivity contribution in [1.29, 1.82) is 0 Å². The molecule has 0 aliphatic heterocycles. The number of aromatic nitrogens is 3. The van der Waals surface area contributed by atoms with E-state index in [2.05, 4.69) is 10.1 Å². The first kappa shape index (κ1) is 11.5. The Hall–Kier alpha value is -2.62. The predicted octanol–water partition coefficient (Wildman–Crippen LogP) is 2.82. The molecule has 0 saturated heterocycles. The van der Waals surface area contributed by atoms with E-state index in [1.807, 2.05) is 60.5 Å². The molecule has 0 radical (unpaired) electrons. The van der Waals surface area contributed by atoms with Crippen molar-refractivity contribution in [1.82, 2.24) is 14.8 Å². The molecule has 94 valence electrons. The number of rotatable bonds is 2. The molecule has 4 heteroatoms. The summed E-state index contributed by atoms with van der Waals surface area (Å²) in [6.45, 7) is 2.01. The van der Waals surface area contributed by atoms with E-state index < -0.39 is 0 Å². The largest absolute Gasteiger partial charge is 0.399 e. The van der Waals surface area contributed by atoms with E-state index in [9.17, 15) is 0 Å². The Morgan fingerprint density at radius 3 is 2.74 bits per heavy atom. The lowest BCUT2D eigenvalue weighted by molar-refractivity contribution is 0.872. The Morgan fingerprint density at radius 2 is 1.95 bits per heavy atom. The molecule has 0 bridgehead atoms. The Kier molecular flexibility index (Phi) is 2.76. The molecule has 3 aromatic rings. The molecule has 1 aromatic carbocycles. The predicted molar refractivity (Wildman–Crippen MR) is 75.9 cm³/mol. The fourth-order valence-electron chi connectivity index (χ4n) is 2.00. The van der Waals surface area contributed by atoms with Gasteiger partial charge in [-0.25, -0.2) is 4.68 Å². The molecule has 4 nitrogen and oxygen atoms in total. The number of pyridine rings is 1. The standard InChI is InChI=1S/C15H14N4/c1-11-5-15(9-17-7-11)19-10-13(8-18-19)12-3-2-4-14(16)6-12/h2-10H,16H2,1H3. The van der Waals surface area contributed by atoms with Crippen molar-refractivity contribution in [2.45, 2.75) is 6.92 Å². The van der Waals surface area contributed by atoms with Crippen LogP contribution in [0.1, 0.15) is 5.56 Å².